The van der Waals surface area contributed by atoms with Crippen molar-refractivity contribution in [2.75, 3.05) is 13.2 Å². The minimum Gasteiger partial charge on any atom is -0.387 e. The van der Waals surface area contributed by atoms with E-state index in [1.807, 2.05) is 12.1 Å². The van der Waals surface area contributed by atoms with Crippen LogP contribution < -0.4 is 5.73 Å². The van der Waals surface area contributed by atoms with Gasteiger partial charge in [0.15, 0.2) is 0 Å². The standard InChI is InChI=1S/C22H26Cl2FN3.C5H10O/c1-5-6-7-17(19(24)12-27-14(4)26)15-8-18-21(13(2)3)16(10-23)11-28-22(18)20(25)9-15;1-2-4-6-5-3-1/h7-9,11-13H,5-6,10H2,1-4H3,(H2,26,27);1-5H2/b17-7+,19-12+;. The number of allylic oxidation sites excluding steroid dienone is 3. The molecule has 1 aromatic heterocycles. The number of halogens is 3. The van der Waals surface area contributed by atoms with E-state index in [1.165, 1.54) is 31.5 Å². The van der Waals surface area contributed by atoms with Crippen LogP contribution in [0.2, 0.25) is 0 Å². The molecule has 2 aromatic rings. The molecule has 7 heteroatoms. The molecular formula is C27H36Cl2FN3O. The molecule has 0 atom stereocenters. The SMILES string of the molecule is C1CCOCC1.CCC/C=C(/C(Cl)=C\N=C(C)N)c1cc(F)c2ncc(CCl)c(C(C)C)c2c1. The molecule has 1 fully saturated rings. The Morgan fingerprint density at radius 1 is 1.26 bits per heavy atom. The van der Waals surface area contributed by atoms with Crippen LogP contribution in [0.1, 0.15) is 82.4 Å². The molecule has 4 nitrogen and oxygen atoms in total. The number of rotatable bonds is 7. The number of pyridine rings is 1. The molecule has 1 aliphatic rings. The molecule has 2 heterocycles. The molecule has 0 aliphatic carbocycles. The first kappa shape index (κ1) is 28.3. The van der Waals surface area contributed by atoms with Gasteiger partial charge in [-0.25, -0.2) is 9.38 Å². The largest absolute Gasteiger partial charge is 0.387 e. The van der Waals surface area contributed by atoms with Crippen LogP contribution in [-0.4, -0.2) is 24.0 Å². The average Bonchev–Trinajstić information content (AvgIpc) is 2.83. The van der Waals surface area contributed by atoms with Crippen molar-refractivity contribution >= 4 is 45.5 Å². The molecule has 0 unspecified atom stereocenters. The number of fused-ring (bicyclic) bond motifs is 1. The second-order valence-corrected chi connectivity index (χ2v) is 9.34. The lowest BCUT2D eigenvalue weighted by atomic mass is 9.92. The monoisotopic (exact) mass is 507 g/mol. The van der Waals surface area contributed by atoms with Crippen molar-refractivity contribution < 1.29 is 9.13 Å². The van der Waals surface area contributed by atoms with E-state index >= 15 is 0 Å². The van der Waals surface area contributed by atoms with E-state index in [1.54, 1.807) is 13.1 Å². The van der Waals surface area contributed by atoms with Crippen LogP contribution in [0.4, 0.5) is 4.39 Å². The van der Waals surface area contributed by atoms with Crippen LogP contribution in [0.5, 0.6) is 0 Å². The van der Waals surface area contributed by atoms with Gasteiger partial charge in [-0.15, -0.1) is 11.6 Å². The molecule has 3 rings (SSSR count). The fraction of sp³-hybridized carbons (Fsp3) is 0.481. The quantitative estimate of drug-likeness (QED) is 0.178. The van der Waals surface area contributed by atoms with E-state index < -0.39 is 0 Å². The number of hydrogen-bond donors (Lipinski definition) is 1. The van der Waals surface area contributed by atoms with Gasteiger partial charge in [0.25, 0.3) is 0 Å². The number of aliphatic imine (C=N–C) groups is 1. The molecule has 2 N–H and O–H groups in total. The molecule has 186 valence electrons. The van der Waals surface area contributed by atoms with Gasteiger partial charge in [-0.2, -0.15) is 0 Å². The summed E-state index contributed by atoms with van der Waals surface area (Å²) in [6.45, 7) is 9.88. The van der Waals surface area contributed by atoms with E-state index in [2.05, 4.69) is 30.7 Å². The highest BCUT2D eigenvalue weighted by atomic mass is 35.5. The molecule has 0 radical (unpaired) electrons. The Labute approximate surface area is 213 Å². The number of unbranched alkanes of at least 4 members (excludes halogenated alkanes) is 1. The third-order valence-corrected chi connectivity index (χ3v) is 6.02. The minimum atomic E-state index is -0.388. The lowest BCUT2D eigenvalue weighted by Crippen LogP contribution is -2.03. The summed E-state index contributed by atoms with van der Waals surface area (Å²) in [5, 5.41) is 1.16. The van der Waals surface area contributed by atoms with Gasteiger partial charge >= 0.3 is 0 Å². The lowest BCUT2D eigenvalue weighted by Gasteiger charge is -2.16. The highest BCUT2D eigenvalue weighted by molar-refractivity contribution is 6.37. The Kier molecular flexibility index (Phi) is 12.0. The molecule has 0 amide bonds. The maximum atomic E-state index is 15.0. The van der Waals surface area contributed by atoms with Gasteiger partial charge < -0.3 is 10.5 Å². The second kappa shape index (κ2) is 14.4. The number of amidine groups is 1. The number of nitrogens with zero attached hydrogens (tertiary/aromatic N) is 2. The van der Waals surface area contributed by atoms with Gasteiger partial charge in [-0.1, -0.05) is 44.9 Å². The molecule has 34 heavy (non-hydrogen) atoms. The molecule has 0 saturated carbocycles. The van der Waals surface area contributed by atoms with Crippen molar-refractivity contribution in [3.8, 4) is 0 Å². The number of ether oxygens (including phenoxy) is 1. The summed E-state index contributed by atoms with van der Waals surface area (Å²) in [5.74, 6) is 0.510. The Hall–Kier alpha value is -1.95. The van der Waals surface area contributed by atoms with Crippen LogP contribution in [0, 0.1) is 5.82 Å². The van der Waals surface area contributed by atoms with E-state index in [0.717, 1.165) is 48.1 Å². The summed E-state index contributed by atoms with van der Waals surface area (Å²) in [4.78, 5) is 8.37. The van der Waals surface area contributed by atoms with Gasteiger partial charge in [-0.05, 0) is 72.9 Å². The fourth-order valence-electron chi connectivity index (χ4n) is 3.82. The van der Waals surface area contributed by atoms with E-state index in [9.17, 15) is 4.39 Å². The zero-order chi connectivity index (χ0) is 25.1. The van der Waals surface area contributed by atoms with E-state index in [-0.39, 0.29) is 11.7 Å². The summed E-state index contributed by atoms with van der Waals surface area (Å²) in [6, 6.07) is 3.41. The third-order valence-electron chi connectivity index (χ3n) is 5.43. The highest BCUT2D eigenvalue weighted by Gasteiger charge is 2.17. The fourth-order valence-corrected chi connectivity index (χ4v) is 4.27. The maximum Gasteiger partial charge on any atom is 0.150 e. The van der Waals surface area contributed by atoms with E-state index in [0.29, 0.717) is 27.8 Å². The van der Waals surface area contributed by atoms with Gasteiger partial charge in [-0.3, -0.25) is 4.98 Å². The molecule has 0 spiro atoms. The normalized spacial score (nSPS) is 15.5. The smallest absolute Gasteiger partial charge is 0.150 e. The van der Waals surface area contributed by atoms with Gasteiger partial charge in [0.05, 0.1) is 10.9 Å². The third kappa shape index (κ3) is 8.07. The van der Waals surface area contributed by atoms with Crippen molar-refractivity contribution in [2.24, 2.45) is 10.7 Å². The van der Waals surface area contributed by atoms with Crippen molar-refractivity contribution in [3.05, 3.63) is 58.1 Å². The predicted octanol–water partition coefficient (Wildman–Crippen LogP) is 8.06. The van der Waals surface area contributed by atoms with Crippen molar-refractivity contribution in [1.29, 1.82) is 0 Å². The second-order valence-electron chi connectivity index (χ2n) is 8.67. The van der Waals surface area contributed by atoms with Gasteiger partial charge in [0.1, 0.15) is 11.3 Å². The minimum absolute atomic E-state index is 0.174. The molecule has 1 aromatic carbocycles. The summed E-state index contributed by atoms with van der Waals surface area (Å²) in [6.07, 6.45) is 10.8. The number of aromatic nitrogens is 1. The Bertz CT molecular complexity index is 1030. The average molecular weight is 509 g/mol. The van der Waals surface area contributed by atoms with Crippen LogP contribution in [0.3, 0.4) is 0 Å². The van der Waals surface area contributed by atoms with Gasteiger partial charge in [0.2, 0.25) is 0 Å². The highest BCUT2D eigenvalue weighted by Crippen LogP contribution is 2.35. The number of nitrogens with two attached hydrogens (primary N) is 1. The molecule has 1 saturated heterocycles. The summed E-state index contributed by atoms with van der Waals surface area (Å²) in [7, 11) is 0. The topological polar surface area (TPSA) is 60.5 Å². The van der Waals surface area contributed by atoms with Crippen LogP contribution in [0.25, 0.3) is 16.5 Å². The zero-order valence-corrected chi connectivity index (χ0v) is 22.1. The van der Waals surface area contributed by atoms with Crippen molar-refractivity contribution in [2.45, 2.75) is 71.6 Å². The first-order chi connectivity index (χ1) is 16.3. The molecular weight excluding hydrogens is 472 g/mol. The van der Waals surface area contributed by atoms with E-state index in [4.69, 9.17) is 33.7 Å². The zero-order valence-electron chi connectivity index (χ0n) is 20.6. The Morgan fingerprint density at radius 2 is 1.97 bits per heavy atom. The van der Waals surface area contributed by atoms with Gasteiger partial charge in [0, 0.05) is 36.9 Å². The first-order valence-corrected chi connectivity index (χ1v) is 12.8. The maximum absolute atomic E-state index is 15.0. The summed E-state index contributed by atoms with van der Waals surface area (Å²) in [5.41, 5.74) is 9.27. The molecule has 0 bridgehead atoms. The van der Waals surface area contributed by atoms with Crippen LogP contribution in [-0.2, 0) is 10.6 Å². The summed E-state index contributed by atoms with van der Waals surface area (Å²) >= 11 is 12.6. The lowest BCUT2D eigenvalue weighted by molar-refractivity contribution is 0.0968. The Balaban J connectivity index is 0.000000589. The first-order valence-electron chi connectivity index (χ1n) is 11.9. The van der Waals surface area contributed by atoms with Crippen LogP contribution in [0.15, 0.2) is 40.6 Å². The predicted molar refractivity (Wildman–Crippen MR) is 144 cm³/mol. The number of benzene rings is 1. The number of hydrogen-bond acceptors (Lipinski definition) is 3. The van der Waals surface area contributed by atoms with Crippen LogP contribution >= 0.6 is 23.2 Å². The summed E-state index contributed by atoms with van der Waals surface area (Å²) < 4.78 is 20.0. The van der Waals surface area contributed by atoms with Crippen molar-refractivity contribution in [3.63, 3.8) is 0 Å². The molecule has 1 aliphatic heterocycles. The van der Waals surface area contributed by atoms with Crippen molar-refractivity contribution in [1.82, 2.24) is 4.98 Å². The Morgan fingerprint density at radius 3 is 2.47 bits per heavy atom. The number of alkyl halides is 1.